The lowest BCUT2D eigenvalue weighted by Gasteiger charge is -2.37. The molecule has 3 N–H and O–H groups in total. The molecular formula is C12H23ClN2O3. The first-order chi connectivity index (χ1) is 7.88. The van der Waals surface area contributed by atoms with Crippen LogP contribution in [-0.4, -0.2) is 30.6 Å². The van der Waals surface area contributed by atoms with Crippen LogP contribution in [0.1, 0.15) is 39.5 Å². The molecule has 106 valence electrons. The second kappa shape index (κ2) is 6.95. The topological polar surface area (TPSA) is 81.4 Å². The van der Waals surface area contributed by atoms with E-state index in [1.807, 2.05) is 6.92 Å². The molecule has 1 amide bonds. The summed E-state index contributed by atoms with van der Waals surface area (Å²) in [6.45, 7) is 3.51. The van der Waals surface area contributed by atoms with Crippen molar-refractivity contribution in [3.63, 3.8) is 0 Å². The number of methoxy groups -OCH3 is 1. The van der Waals surface area contributed by atoms with E-state index in [4.69, 9.17) is 5.73 Å². The molecule has 0 aliphatic heterocycles. The number of ether oxygens (including phenoxy) is 1. The largest absolute Gasteiger partial charge is 0.467 e. The molecule has 0 heterocycles. The number of hydrogen-bond acceptors (Lipinski definition) is 4. The van der Waals surface area contributed by atoms with Crippen molar-refractivity contribution >= 4 is 24.3 Å². The van der Waals surface area contributed by atoms with E-state index < -0.39 is 17.6 Å². The minimum absolute atomic E-state index is 0. The summed E-state index contributed by atoms with van der Waals surface area (Å²) >= 11 is 0. The number of esters is 1. The zero-order chi connectivity index (χ0) is 13.1. The fourth-order valence-electron chi connectivity index (χ4n) is 2.34. The van der Waals surface area contributed by atoms with Crippen LogP contribution < -0.4 is 11.1 Å². The summed E-state index contributed by atoms with van der Waals surface area (Å²) in [7, 11) is 1.30. The number of rotatable bonds is 3. The molecule has 1 saturated carbocycles. The summed E-state index contributed by atoms with van der Waals surface area (Å²) in [6.07, 6.45) is 3.70. The lowest BCUT2D eigenvalue weighted by molar-refractivity contribution is -0.145. The Balaban J connectivity index is 0.00000289. The van der Waals surface area contributed by atoms with Crippen molar-refractivity contribution in [1.82, 2.24) is 5.32 Å². The van der Waals surface area contributed by atoms with Crippen LogP contribution in [0.2, 0.25) is 0 Å². The molecule has 18 heavy (non-hydrogen) atoms. The summed E-state index contributed by atoms with van der Waals surface area (Å²) < 4.78 is 4.57. The van der Waals surface area contributed by atoms with E-state index in [2.05, 4.69) is 10.1 Å². The Labute approximate surface area is 114 Å². The van der Waals surface area contributed by atoms with E-state index in [-0.39, 0.29) is 24.2 Å². The van der Waals surface area contributed by atoms with Crippen LogP contribution >= 0.6 is 12.4 Å². The quantitative estimate of drug-likeness (QED) is 0.755. The van der Waals surface area contributed by atoms with Gasteiger partial charge in [-0.05, 0) is 26.7 Å². The number of carbonyl (C=O) groups is 2. The van der Waals surface area contributed by atoms with Crippen molar-refractivity contribution in [2.24, 2.45) is 11.7 Å². The van der Waals surface area contributed by atoms with Gasteiger partial charge in [0.05, 0.1) is 13.0 Å². The minimum atomic E-state index is -0.620. The average Bonchev–Trinajstić information content (AvgIpc) is 2.26. The van der Waals surface area contributed by atoms with Gasteiger partial charge in [0.15, 0.2) is 0 Å². The highest BCUT2D eigenvalue weighted by Crippen LogP contribution is 2.31. The smallest absolute Gasteiger partial charge is 0.328 e. The van der Waals surface area contributed by atoms with Crippen LogP contribution in [0.25, 0.3) is 0 Å². The van der Waals surface area contributed by atoms with Gasteiger partial charge in [-0.3, -0.25) is 4.79 Å². The van der Waals surface area contributed by atoms with Crippen molar-refractivity contribution in [1.29, 1.82) is 0 Å². The maximum atomic E-state index is 12.0. The number of hydrogen-bond donors (Lipinski definition) is 2. The Bertz CT molecular complexity index is 308. The fourth-order valence-corrected chi connectivity index (χ4v) is 2.34. The summed E-state index contributed by atoms with van der Waals surface area (Å²) in [5.41, 5.74) is 5.66. The lowest BCUT2D eigenvalue weighted by atomic mass is 9.74. The van der Waals surface area contributed by atoms with E-state index in [0.717, 1.165) is 25.7 Å². The van der Waals surface area contributed by atoms with Crippen molar-refractivity contribution in [2.75, 3.05) is 7.11 Å². The third kappa shape index (κ3) is 4.14. The van der Waals surface area contributed by atoms with Crippen molar-refractivity contribution in [2.45, 2.75) is 51.1 Å². The minimum Gasteiger partial charge on any atom is -0.467 e. The third-order valence-corrected chi connectivity index (χ3v) is 3.48. The van der Waals surface area contributed by atoms with Crippen LogP contribution in [0.15, 0.2) is 0 Å². The predicted octanol–water partition coefficient (Wildman–Crippen LogP) is 0.993. The van der Waals surface area contributed by atoms with Gasteiger partial charge in [-0.25, -0.2) is 4.79 Å². The fraction of sp³-hybridized carbons (Fsp3) is 0.833. The molecule has 3 atom stereocenters. The molecule has 0 saturated heterocycles. The molecule has 0 aromatic heterocycles. The molecule has 2 unspecified atom stereocenters. The summed E-state index contributed by atoms with van der Waals surface area (Å²) in [5, 5.41) is 2.66. The van der Waals surface area contributed by atoms with Crippen LogP contribution in [0.3, 0.4) is 0 Å². The SMILES string of the molecule is COC(=O)[C@H](C)NC(=O)C1CCCCC1(C)N.Cl. The molecule has 6 heteroatoms. The lowest BCUT2D eigenvalue weighted by Crippen LogP contribution is -2.54. The van der Waals surface area contributed by atoms with Gasteiger partial charge >= 0.3 is 5.97 Å². The molecule has 1 aliphatic rings. The van der Waals surface area contributed by atoms with Crippen molar-refractivity contribution in [3.05, 3.63) is 0 Å². The van der Waals surface area contributed by atoms with E-state index in [1.54, 1.807) is 6.92 Å². The Hall–Kier alpha value is -0.810. The standard InChI is InChI=1S/C12H22N2O3.ClH/c1-8(11(16)17-3)14-10(15)9-6-4-5-7-12(9,2)13;/h8-9H,4-7,13H2,1-3H3,(H,14,15);1H/t8-,9?,12?;/m0./s1. The second-order valence-corrected chi connectivity index (χ2v) is 5.06. The van der Waals surface area contributed by atoms with Crippen LogP contribution in [0, 0.1) is 5.92 Å². The average molecular weight is 279 g/mol. The predicted molar refractivity (Wildman–Crippen MR) is 71.4 cm³/mol. The maximum absolute atomic E-state index is 12.0. The number of nitrogens with one attached hydrogen (secondary N) is 1. The zero-order valence-corrected chi connectivity index (χ0v) is 12.0. The van der Waals surface area contributed by atoms with E-state index in [9.17, 15) is 9.59 Å². The van der Waals surface area contributed by atoms with Gasteiger partial charge in [-0.2, -0.15) is 0 Å². The first-order valence-electron chi connectivity index (χ1n) is 6.05. The summed E-state index contributed by atoms with van der Waals surface area (Å²) in [5.74, 6) is -0.802. The molecule has 0 aromatic carbocycles. The molecular weight excluding hydrogens is 256 g/mol. The Morgan fingerprint density at radius 1 is 1.44 bits per heavy atom. The molecule has 0 aromatic rings. The van der Waals surface area contributed by atoms with Gasteiger partial charge in [-0.1, -0.05) is 12.8 Å². The Morgan fingerprint density at radius 3 is 2.56 bits per heavy atom. The van der Waals surface area contributed by atoms with Crippen LogP contribution in [0.4, 0.5) is 0 Å². The van der Waals surface area contributed by atoms with Gasteiger partial charge in [0.25, 0.3) is 0 Å². The van der Waals surface area contributed by atoms with Crippen LogP contribution in [-0.2, 0) is 14.3 Å². The summed E-state index contributed by atoms with van der Waals surface area (Å²) in [6, 6.07) is -0.620. The molecule has 0 spiro atoms. The van der Waals surface area contributed by atoms with Gasteiger partial charge in [0.1, 0.15) is 6.04 Å². The number of nitrogens with two attached hydrogens (primary N) is 1. The first-order valence-corrected chi connectivity index (χ1v) is 6.05. The third-order valence-electron chi connectivity index (χ3n) is 3.48. The highest BCUT2D eigenvalue weighted by molar-refractivity contribution is 5.86. The molecule has 1 aliphatic carbocycles. The van der Waals surface area contributed by atoms with Crippen molar-refractivity contribution < 1.29 is 14.3 Å². The second-order valence-electron chi connectivity index (χ2n) is 5.06. The van der Waals surface area contributed by atoms with E-state index >= 15 is 0 Å². The Morgan fingerprint density at radius 2 is 2.06 bits per heavy atom. The zero-order valence-electron chi connectivity index (χ0n) is 11.2. The molecule has 1 fully saturated rings. The van der Waals surface area contributed by atoms with Gasteiger partial charge in [-0.15, -0.1) is 12.4 Å². The molecule has 1 rings (SSSR count). The number of amides is 1. The number of carbonyl (C=O) groups excluding carboxylic acids is 2. The highest BCUT2D eigenvalue weighted by Gasteiger charge is 2.38. The van der Waals surface area contributed by atoms with Crippen molar-refractivity contribution in [3.8, 4) is 0 Å². The van der Waals surface area contributed by atoms with E-state index in [1.165, 1.54) is 7.11 Å². The van der Waals surface area contributed by atoms with E-state index in [0.29, 0.717) is 0 Å². The molecule has 0 radical (unpaired) electrons. The van der Waals surface area contributed by atoms with Gasteiger partial charge in [0.2, 0.25) is 5.91 Å². The van der Waals surface area contributed by atoms with Gasteiger partial charge in [0, 0.05) is 5.54 Å². The number of halogens is 1. The first kappa shape index (κ1) is 17.2. The summed E-state index contributed by atoms with van der Waals surface area (Å²) in [4.78, 5) is 23.3. The highest BCUT2D eigenvalue weighted by atomic mass is 35.5. The Kier molecular flexibility index (Phi) is 6.63. The maximum Gasteiger partial charge on any atom is 0.328 e. The van der Waals surface area contributed by atoms with Crippen LogP contribution in [0.5, 0.6) is 0 Å². The monoisotopic (exact) mass is 278 g/mol. The molecule has 0 bridgehead atoms. The normalized spacial score (nSPS) is 28.8. The molecule has 5 nitrogen and oxygen atoms in total. The van der Waals surface area contributed by atoms with Gasteiger partial charge < -0.3 is 15.8 Å².